The Morgan fingerprint density at radius 2 is 2.04 bits per heavy atom. The summed E-state index contributed by atoms with van der Waals surface area (Å²) in [6.45, 7) is 8.17. The normalized spacial score (nSPS) is 22.8. The van der Waals surface area contributed by atoms with Crippen LogP contribution in [0.3, 0.4) is 0 Å². The zero-order valence-electron chi connectivity index (χ0n) is 16.7. The van der Waals surface area contributed by atoms with Crippen LogP contribution in [-0.4, -0.2) is 36.0 Å². The zero-order valence-corrected chi connectivity index (χ0v) is 17.6. The predicted octanol–water partition coefficient (Wildman–Crippen LogP) is 3.69. The van der Waals surface area contributed by atoms with Crippen molar-refractivity contribution in [2.45, 2.75) is 77.7 Å². The summed E-state index contributed by atoms with van der Waals surface area (Å²) in [4.78, 5) is 25.8. The molecule has 0 aliphatic heterocycles. The van der Waals surface area contributed by atoms with Crippen molar-refractivity contribution >= 4 is 23.0 Å². The van der Waals surface area contributed by atoms with Gasteiger partial charge in [-0.1, -0.05) is 33.8 Å². The summed E-state index contributed by atoms with van der Waals surface area (Å²) in [5.74, 6) is 0.255. The number of hydrogen-bond acceptors (Lipinski definition) is 5. The maximum atomic E-state index is 12.8. The van der Waals surface area contributed by atoms with Crippen LogP contribution in [0.2, 0.25) is 0 Å². The van der Waals surface area contributed by atoms with E-state index in [1.165, 1.54) is 11.3 Å². The number of amides is 1. The summed E-state index contributed by atoms with van der Waals surface area (Å²) in [5, 5.41) is 4.95. The molecule has 27 heavy (non-hydrogen) atoms. The average Bonchev–Trinajstić information content (AvgIpc) is 3.15. The second-order valence-electron chi connectivity index (χ2n) is 7.60. The number of hydrogen-bond donors (Lipinski definition) is 2. The minimum atomic E-state index is -0.395. The van der Waals surface area contributed by atoms with Gasteiger partial charge in [-0.15, -0.1) is 11.3 Å². The molecule has 0 saturated carbocycles. The number of Topliss-reactive ketones (excluding diaryl/α,β-unsaturated/α-hetero) is 1. The molecule has 1 aliphatic rings. The zero-order chi connectivity index (χ0) is 20.0. The molecule has 2 rings (SSSR count). The molecule has 1 aromatic heterocycles. The van der Waals surface area contributed by atoms with Gasteiger partial charge in [-0.05, 0) is 42.7 Å². The first-order valence-electron chi connectivity index (χ1n) is 9.84. The number of nitrogens with two attached hydrogens (primary N) is 1. The van der Waals surface area contributed by atoms with Crippen LogP contribution in [0, 0.1) is 5.92 Å². The Balaban J connectivity index is 2.24. The van der Waals surface area contributed by atoms with E-state index in [1.54, 1.807) is 0 Å². The van der Waals surface area contributed by atoms with Gasteiger partial charge in [-0.2, -0.15) is 0 Å². The Bertz CT molecular complexity index is 650. The van der Waals surface area contributed by atoms with Crippen molar-refractivity contribution in [2.75, 3.05) is 0 Å². The molecular weight excluding hydrogens is 360 g/mol. The van der Waals surface area contributed by atoms with Crippen LogP contribution in [0.25, 0.3) is 0 Å². The van der Waals surface area contributed by atoms with Crippen LogP contribution in [0.15, 0.2) is 29.2 Å². The van der Waals surface area contributed by atoms with Crippen LogP contribution in [-0.2, 0) is 9.53 Å². The highest BCUT2D eigenvalue weighted by atomic mass is 32.1. The minimum Gasteiger partial charge on any atom is -0.369 e. The number of carbonyl (C=O) groups excluding carboxylic acids is 2. The van der Waals surface area contributed by atoms with Crippen molar-refractivity contribution in [3.8, 4) is 0 Å². The van der Waals surface area contributed by atoms with E-state index in [0.29, 0.717) is 23.3 Å². The fraction of sp³-hybridized carbons (Fsp3) is 0.619. The Morgan fingerprint density at radius 1 is 1.33 bits per heavy atom. The number of rotatable bonds is 9. The lowest BCUT2D eigenvalue weighted by Crippen LogP contribution is -2.57. The molecular formula is C21H32N2O3S. The highest BCUT2D eigenvalue weighted by Crippen LogP contribution is 2.27. The van der Waals surface area contributed by atoms with Crippen LogP contribution in [0.4, 0.5) is 0 Å². The third kappa shape index (κ3) is 5.99. The largest absolute Gasteiger partial charge is 0.369 e. The van der Waals surface area contributed by atoms with E-state index in [2.05, 4.69) is 19.2 Å². The van der Waals surface area contributed by atoms with E-state index in [-0.39, 0.29) is 35.8 Å². The minimum absolute atomic E-state index is 0.00514. The Morgan fingerprint density at radius 3 is 2.59 bits per heavy atom. The molecule has 6 heteroatoms. The molecule has 0 aromatic carbocycles. The lowest BCUT2D eigenvalue weighted by Gasteiger charge is -2.37. The number of carbonyl (C=O) groups is 2. The third-order valence-corrected chi connectivity index (χ3v) is 5.72. The highest BCUT2D eigenvalue weighted by molar-refractivity contribution is 7.12. The molecule has 150 valence electrons. The van der Waals surface area contributed by atoms with Crippen molar-refractivity contribution in [2.24, 2.45) is 11.7 Å². The standard InChI is InChI=1S/C21H32N2O3S/c1-5-15(6-2)26-17-12-14(21(25)18-8-7-9-27-18)11-16(22)20(17)23-19(24)10-13(3)4/h7-9,12-13,15-17,20H,5-6,10-11,22H2,1-4H3,(H,23,24)/t16-,17+,20+/m0/s1. The van der Waals surface area contributed by atoms with E-state index < -0.39 is 6.10 Å². The Kier molecular flexibility index (Phi) is 8.20. The van der Waals surface area contributed by atoms with Crippen molar-refractivity contribution in [3.05, 3.63) is 34.0 Å². The summed E-state index contributed by atoms with van der Waals surface area (Å²) < 4.78 is 6.26. The summed E-state index contributed by atoms with van der Waals surface area (Å²) in [7, 11) is 0. The molecule has 1 amide bonds. The fourth-order valence-electron chi connectivity index (χ4n) is 3.36. The second kappa shape index (κ2) is 10.2. The summed E-state index contributed by atoms with van der Waals surface area (Å²) >= 11 is 1.43. The van der Waals surface area contributed by atoms with E-state index in [0.717, 1.165) is 12.8 Å². The van der Waals surface area contributed by atoms with Crippen LogP contribution in [0.1, 0.15) is 63.0 Å². The first-order chi connectivity index (χ1) is 12.8. The topological polar surface area (TPSA) is 81.4 Å². The first kappa shape index (κ1) is 21.8. The lowest BCUT2D eigenvalue weighted by atomic mass is 9.86. The molecule has 0 spiro atoms. The number of thiophene rings is 1. The van der Waals surface area contributed by atoms with Crippen LogP contribution < -0.4 is 11.1 Å². The molecule has 0 saturated heterocycles. The van der Waals surface area contributed by atoms with Gasteiger partial charge in [0.2, 0.25) is 5.91 Å². The van der Waals surface area contributed by atoms with Crippen molar-refractivity contribution in [1.29, 1.82) is 0 Å². The molecule has 0 radical (unpaired) electrons. The molecule has 1 aliphatic carbocycles. The second-order valence-corrected chi connectivity index (χ2v) is 8.54. The van der Waals surface area contributed by atoms with Gasteiger partial charge in [0.1, 0.15) is 0 Å². The Hall–Kier alpha value is -1.50. The van der Waals surface area contributed by atoms with E-state index >= 15 is 0 Å². The van der Waals surface area contributed by atoms with Gasteiger partial charge in [-0.25, -0.2) is 0 Å². The number of ketones is 1. The molecule has 0 fully saturated rings. The van der Waals surface area contributed by atoms with Gasteiger partial charge >= 0.3 is 0 Å². The molecule has 5 nitrogen and oxygen atoms in total. The number of ether oxygens (including phenoxy) is 1. The van der Waals surface area contributed by atoms with Crippen molar-refractivity contribution < 1.29 is 14.3 Å². The predicted molar refractivity (Wildman–Crippen MR) is 110 cm³/mol. The van der Waals surface area contributed by atoms with Gasteiger partial charge in [0, 0.05) is 18.0 Å². The molecule has 1 aromatic rings. The van der Waals surface area contributed by atoms with Crippen molar-refractivity contribution in [1.82, 2.24) is 5.32 Å². The molecule has 0 bridgehead atoms. The van der Waals surface area contributed by atoms with Crippen LogP contribution in [0.5, 0.6) is 0 Å². The SMILES string of the molecule is CCC(CC)O[C@@H]1C=C(C(=O)c2cccs2)C[C@H](N)[C@H]1NC(=O)CC(C)C. The maximum absolute atomic E-state index is 12.8. The van der Waals surface area contributed by atoms with Gasteiger partial charge < -0.3 is 15.8 Å². The monoisotopic (exact) mass is 392 g/mol. The first-order valence-corrected chi connectivity index (χ1v) is 10.7. The van der Waals surface area contributed by atoms with E-state index in [1.807, 2.05) is 37.4 Å². The molecule has 1 heterocycles. The van der Waals surface area contributed by atoms with Gasteiger partial charge in [0.25, 0.3) is 0 Å². The van der Waals surface area contributed by atoms with E-state index in [9.17, 15) is 9.59 Å². The number of nitrogens with one attached hydrogen (secondary N) is 1. The molecule has 3 N–H and O–H groups in total. The lowest BCUT2D eigenvalue weighted by molar-refractivity contribution is -0.124. The average molecular weight is 393 g/mol. The van der Waals surface area contributed by atoms with Gasteiger partial charge in [-0.3, -0.25) is 9.59 Å². The quantitative estimate of drug-likeness (QED) is 0.628. The fourth-order valence-corrected chi connectivity index (χ4v) is 4.06. The molecule has 0 unspecified atom stereocenters. The Labute approximate surface area is 166 Å². The van der Waals surface area contributed by atoms with E-state index in [4.69, 9.17) is 10.5 Å². The van der Waals surface area contributed by atoms with Gasteiger partial charge in [0.05, 0.1) is 23.1 Å². The summed E-state index contributed by atoms with van der Waals surface area (Å²) in [6, 6.07) is 3.02. The highest BCUT2D eigenvalue weighted by Gasteiger charge is 2.36. The molecule has 3 atom stereocenters. The smallest absolute Gasteiger partial charge is 0.220 e. The summed E-state index contributed by atoms with van der Waals surface area (Å²) in [5.41, 5.74) is 7.08. The van der Waals surface area contributed by atoms with Crippen LogP contribution >= 0.6 is 11.3 Å². The summed E-state index contributed by atoms with van der Waals surface area (Å²) in [6.07, 6.45) is 4.18. The van der Waals surface area contributed by atoms with Crippen molar-refractivity contribution in [3.63, 3.8) is 0 Å². The van der Waals surface area contributed by atoms with Gasteiger partial charge in [0.15, 0.2) is 5.78 Å². The maximum Gasteiger partial charge on any atom is 0.220 e. The third-order valence-electron chi connectivity index (χ3n) is 4.85.